The van der Waals surface area contributed by atoms with Gasteiger partial charge in [0.2, 0.25) is 0 Å². The van der Waals surface area contributed by atoms with E-state index in [0.717, 1.165) is 25.7 Å². The SMILES string of the molecule is O=C(O)/C(=C/C1CCCCC1)C[P+](=O)C(O)CCCO. The molecule has 0 heterocycles. The Bertz CT molecular complexity index is 361. The predicted octanol–water partition coefficient (Wildman–Crippen LogP) is 2.50. The second-order valence-electron chi connectivity index (χ2n) is 5.32. The Morgan fingerprint density at radius 1 is 1.30 bits per heavy atom. The summed E-state index contributed by atoms with van der Waals surface area (Å²) in [5, 5.41) is 27.5. The molecule has 6 heteroatoms. The van der Waals surface area contributed by atoms with Gasteiger partial charge >= 0.3 is 13.8 Å². The molecule has 3 N–H and O–H groups in total. The Morgan fingerprint density at radius 3 is 2.50 bits per heavy atom. The minimum absolute atomic E-state index is 0.0655. The van der Waals surface area contributed by atoms with E-state index in [1.54, 1.807) is 6.08 Å². The van der Waals surface area contributed by atoms with E-state index in [2.05, 4.69) is 0 Å². The molecular formula is C14H24O5P+. The number of aliphatic hydroxyl groups is 2. The Hall–Kier alpha value is -0.770. The molecule has 1 aliphatic rings. The lowest BCUT2D eigenvalue weighted by Crippen LogP contribution is -2.12. The van der Waals surface area contributed by atoms with Crippen LogP contribution in [0.3, 0.4) is 0 Å². The van der Waals surface area contributed by atoms with Crippen LogP contribution < -0.4 is 0 Å². The van der Waals surface area contributed by atoms with Crippen LogP contribution in [-0.4, -0.2) is 39.9 Å². The fourth-order valence-electron chi connectivity index (χ4n) is 2.47. The average Bonchev–Trinajstić information content (AvgIpc) is 2.44. The third-order valence-electron chi connectivity index (χ3n) is 3.64. The summed E-state index contributed by atoms with van der Waals surface area (Å²) in [4.78, 5) is 11.2. The number of carboxylic acids is 1. The molecule has 0 aromatic carbocycles. The molecule has 2 unspecified atom stereocenters. The molecule has 0 saturated heterocycles. The smallest absolute Gasteiger partial charge is 0.374 e. The van der Waals surface area contributed by atoms with E-state index in [9.17, 15) is 19.6 Å². The van der Waals surface area contributed by atoms with Gasteiger partial charge in [0.15, 0.2) is 6.16 Å². The van der Waals surface area contributed by atoms with E-state index in [1.807, 2.05) is 0 Å². The lowest BCUT2D eigenvalue weighted by Gasteiger charge is -2.18. The van der Waals surface area contributed by atoms with Crippen molar-refractivity contribution in [2.24, 2.45) is 5.92 Å². The second kappa shape index (κ2) is 9.22. The van der Waals surface area contributed by atoms with Gasteiger partial charge in [-0.05, 0) is 25.2 Å². The van der Waals surface area contributed by atoms with E-state index in [-0.39, 0.29) is 30.7 Å². The molecule has 0 aromatic rings. The van der Waals surface area contributed by atoms with E-state index in [4.69, 9.17) is 5.11 Å². The number of aliphatic hydroxyl groups excluding tert-OH is 2. The Morgan fingerprint density at radius 2 is 1.95 bits per heavy atom. The van der Waals surface area contributed by atoms with Crippen LogP contribution in [0.5, 0.6) is 0 Å². The number of hydrogen-bond donors (Lipinski definition) is 3. The van der Waals surface area contributed by atoms with Gasteiger partial charge in [-0.25, -0.2) is 4.79 Å². The second-order valence-corrected chi connectivity index (χ2v) is 7.06. The largest absolute Gasteiger partial charge is 0.478 e. The standard InChI is InChI=1S/C14H23O5P/c15-8-4-7-13(16)20(19)10-12(14(17)18)9-11-5-2-1-3-6-11/h9,11,13,15-16H,1-8,10H2/p+1/b12-9+. The predicted molar refractivity (Wildman–Crippen MR) is 77.1 cm³/mol. The normalized spacial score (nSPS) is 19.7. The quantitative estimate of drug-likeness (QED) is 0.473. The van der Waals surface area contributed by atoms with Crippen molar-refractivity contribution in [2.45, 2.75) is 50.8 Å². The van der Waals surface area contributed by atoms with Gasteiger partial charge in [0, 0.05) is 13.0 Å². The fourth-order valence-corrected chi connectivity index (χ4v) is 3.73. The molecule has 1 aliphatic carbocycles. The number of allylic oxidation sites excluding steroid dienone is 1. The van der Waals surface area contributed by atoms with E-state index < -0.39 is 19.6 Å². The van der Waals surface area contributed by atoms with Crippen molar-refractivity contribution < 1.29 is 24.7 Å². The maximum Gasteiger partial charge on any atom is 0.374 e. The first-order valence-electron chi connectivity index (χ1n) is 7.21. The molecule has 0 amide bonds. The monoisotopic (exact) mass is 303 g/mol. The van der Waals surface area contributed by atoms with Gasteiger partial charge in [-0.2, -0.15) is 0 Å². The molecule has 0 aliphatic heterocycles. The van der Waals surface area contributed by atoms with Gasteiger partial charge in [-0.3, -0.25) is 0 Å². The van der Waals surface area contributed by atoms with Crippen molar-refractivity contribution in [3.63, 3.8) is 0 Å². The summed E-state index contributed by atoms with van der Waals surface area (Å²) in [6.07, 6.45) is 7.64. The van der Waals surface area contributed by atoms with Crippen LogP contribution >= 0.6 is 7.80 Å². The minimum atomic E-state index is -2.01. The fraction of sp³-hybridized carbons (Fsp3) is 0.786. The Balaban J connectivity index is 2.59. The Labute approximate surface area is 120 Å². The van der Waals surface area contributed by atoms with Crippen molar-refractivity contribution in [3.05, 3.63) is 11.6 Å². The van der Waals surface area contributed by atoms with Gasteiger partial charge in [0.1, 0.15) is 0 Å². The highest BCUT2D eigenvalue weighted by Gasteiger charge is 2.31. The van der Waals surface area contributed by atoms with Crippen molar-refractivity contribution in [3.8, 4) is 0 Å². The highest BCUT2D eigenvalue weighted by molar-refractivity contribution is 7.45. The zero-order valence-electron chi connectivity index (χ0n) is 11.7. The molecule has 114 valence electrons. The summed E-state index contributed by atoms with van der Waals surface area (Å²) in [6.45, 7) is -0.0655. The molecule has 0 aromatic heterocycles. The van der Waals surface area contributed by atoms with E-state index in [1.165, 1.54) is 6.42 Å². The van der Waals surface area contributed by atoms with E-state index >= 15 is 0 Å². The minimum Gasteiger partial charge on any atom is -0.478 e. The topological polar surface area (TPSA) is 94.8 Å². The van der Waals surface area contributed by atoms with E-state index in [0.29, 0.717) is 6.42 Å². The van der Waals surface area contributed by atoms with Crippen molar-refractivity contribution in [2.75, 3.05) is 12.8 Å². The zero-order valence-corrected chi connectivity index (χ0v) is 12.6. The van der Waals surface area contributed by atoms with Crippen LogP contribution in [0, 0.1) is 5.92 Å². The molecule has 1 saturated carbocycles. The van der Waals surface area contributed by atoms with Gasteiger partial charge in [0.05, 0.1) is 5.57 Å². The first-order chi connectivity index (χ1) is 9.54. The van der Waals surface area contributed by atoms with Crippen LogP contribution in [-0.2, 0) is 9.36 Å². The Kier molecular flexibility index (Phi) is 7.97. The molecule has 1 fully saturated rings. The van der Waals surface area contributed by atoms with Crippen molar-refractivity contribution in [1.29, 1.82) is 0 Å². The molecule has 0 bridgehead atoms. The van der Waals surface area contributed by atoms with Crippen LogP contribution in [0.1, 0.15) is 44.9 Å². The van der Waals surface area contributed by atoms with Gasteiger partial charge in [0.25, 0.3) is 5.85 Å². The van der Waals surface area contributed by atoms with Gasteiger partial charge < -0.3 is 15.3 Å². The summed E-state index contributed by atoms with van der Waals surface area (Å²) in [5.41, 5.74) is 0.154. The summed E-state index contributed by atoms with van der Waals surface area (Å²) in [6, 6.07) is 0. The summed E-state index contributed by atoms with van der Waals surface area (Å²) in [7, 11) is -2.01. The first-order valence-corrected chi connectivity index (χ1v) is 8.72. The average molecular weight is 303 g/mol. The maximum absolute atomic E-state index is 11.9. The third-order valence-corrected chi connectivity index (χ3v) is 5.22. The lowest BCUT2D eigenvalue weighted by atomic mass is 9.88. The zero-order chi connectivity index (χ0) is 15.0. The highest BCUT2D eigenvalue weighted by Crippen LogP contribution is 2.33. The van der Waals surface area contributed by atoms with Gasteiger partial charge in [-0.1, -0.05) is 29.9 Å². The maximum atomic E-state index is 11.9. The first kappa shape index (κ1) is 17.3. The molecule has 5 nitrogen and oxygen atoms in total. The number of hydrogen-bond acceptors (Lipinski definition) is 4. The van der Waals surface area contributed by atoms with Crippen LogP contribution in [0.2, 0.25) is 0 Å². The van der Waals surface area contributed by atoms with Crippen LogP contribution in [0.4, 0.5) is 0 Å². The van der Waals surface area contributed by atoms with Crippen molar-refractivity contribution in [1.82, 2.24) is 0 Å². The highest BCUT2D eigenvalue weighted by atomic mass is 31.1. The summed E-state index contributed by atoms with van der Waals surface area (Å²) >= 11 is 0. The van der Waals surface area contributed by atoms with Crippen LogP contribution in [0.25, 0.3) is 0 Å². The molecule has 0 radical (unpaired) electrons. The summed E-state index contributed by atoms with van der Waals surface area (Å²) in [5.74, 6) is -1.83. The molecule has 2 atom stereocenters. The molecule has 1 rings (SSSR count). The van der Waals surface area contributed by atoms with Crippen molar-refractivity contribution >= 4 is 13.8 Å². The molecule has 0 spiro atoms. The number of carboxylic acid groups (broad SMARTS) is 1. The molecular weight excluding hydrogens is 279 g/mol. The third kappa shape index (κ3) is 6.12. The number of aliphatic carboxylic acids is 1. The number of rotatable bonds is 8. The lowest BCUT2D eigenvalue weighted by molar-refractivity contribution is -0.132. The number of carbonyl (C=O) groups is 1. The van der Waals surface area contributed by atoms with Crippen LogP contribution in [0.15, 0.2) is 11.6 Å². The molecule has 20 heavy (non-hydrogen) atoms. The van der Waals surface area contributed by atoms with Gasteiger partial charge in [-0.15, -0.1) is 0 Å². The summed E-state index contributed by atoms with van der Waals surface area (Å²) < 4.78 is 11.9.